The molecule has 6 heteroatoms. The molecule has 3 aliphatic rings. The van der Waals surface area contributed by atoms with Crippen molar-refractivity contribution in [2.24, 2.45) is 0 Å². The molecular weight excluding hydrogens is 937 g/mol. The van der Waals surface area contributed by atoms with Crippen LogP contribution in [0.4, 0.5) is 0 Å². The van der Waals surface area contributed by atoms with E-state index in [0.29, 0.717) is 11.6 Å². The highest BCUT2D eigenvalue weighted by Gasteiger charge is 2.41. The third kappa shape index (κ3) is 7.17. The van der Waals surface area contributed by atoms with Gasteiger partial charge in [-0.2, -0.15) is 0 Å². The number of aromatic nitrogens is 4. The average Bonchev–Trinajstić information content (AvgIpc) is 4.16. The van der Waals surface area contributed by atoms with Crippen molar-refractivity contribution in [2.45, 2.75) is 11.8 Å². The first-order chi connectivity index (χ1) is 36.6. The zero-order valence-corrected chi connectivity index (χ0v) is 41.5. The molecule has 2 atom stereocenters. The van der Waals surface area contributed by atoms with E-state index in [1.165, 1.54) is 74.4 Å². The Hall–Kier alpha value is -8.94. The molecule has 346 valence electrons. The number of fused-ring (bicyclic) bond motifs is 2. The number of rotatable bonds is 8. The predicted molar refractivity (Wildman–Crippen MR) is 307 cm³/mol. The summed E-state index contributed by atoms with van der Waals surface area (Å²) in [5.74, 6) is 1.51. The molecule has 2 bridgehead atoms. The fraction of sp³-hybridized carbons (Fsp3) is 0.0294. The normalized spacial score (nSPS) is 14.2. The Morgan fingerprint density at radius 3 is 1.07 bits per heavy atom. The van der Waals surface area contributed by atoms with Gasteiger partial charge in [-0.3, -0.25) is 0 Å². The van der Waals surface area contributed by atoms with Crippen molar-refractivity contribution < 1.29 is 0 Å². The van der Waals surface area contributed by atoms with Crippen LogP contribution < -0.4 is 0 Å². The summed E-state index contributed by atoms with van der Waals surface area (Å²) in [6.45, 7) is 0. The van der Waals surface area contributed by atoms with Crippen molar-refractivity contribution in [3.63, 3.8) is 0 Å². The first-order valence-electron chi connectivity index (χ1n) is 25.1. The molecule has 4 aromatic heterocycles. The molecule has 0 fully saturated rings. The predicted octanol–water partition coefficient (Wildman–Crippen LogP) is 18.0. The molecule has 0 aliphatic heterocycles. The summed E-state index contributed by atoms with van der Waals surface area (Å²) in [5.41, 5.74) is 20.3. The lowest BCUT2D eigenvalue weighted by molar-refractivity contribution is 0.755. The van der Waals surface area contributed by atoms with Gasteiger partial charge in [0.25, 0.3) is 0 Å². The number of benzene rings is 9. The second-order valence-electron chi connectivity index (χ2n) is 19.2. The minimum Gasteiger partial charge on any atom is -0.228 e. The van der Waals surface area contributed by atoms with E-state index in [-0.39, 0.29) is 11.8 Å². The Bertz CT molecular complexity index is 4000. The molecule has 0 amide bonds. The summed E-state index contributed by atoms with van der Waals surface area (Å²) in [6.07, 6.45) is 0. The summed E-state index contributed by atoms with van der Waals surface area (Å²) in [5, 5.41) is 2.50. The van der Waals surface area contributed by atoms with Crippen LogP contribution in [0.3, 0.4) is 0 Å². The van der Waals surface area contributed by atoms with Crippen LogP contribution >= 0.6 is 22.7 Å². The first kappa shape index (κ1) is 42.7. The monoisotopic (exact) mass is 978 g/mol. The Morgan fingerprint density at radius 2 is 0.622 bits per heavy atom. The maximum atomic E-state index is 5.35. The molecule has 74 heavy (non-hydrogen) atoms. The number of thiophene rings is 2. The Labute approximate surface area is 436 Å². The van der Waals surface area contributed by atoms with Crippen LogP contribution in [-0.2, 0) is 0 Å². The van der Waals surface area contributed by atoms with Crippen LogP contribution in [-0.4, -0.2) is 19.9 Å². The van der Waals surface area contributed by atoms with E-state index >= 15 is 0 Å². The van der Waals surface area contributed by atoms with Crippen molar-refractivity contribution in [3.8, 4) is 88.7 Å². The lowest BCUT2D eigenvalue weighted by Gasteiger charge is -2.42. The maximum Gasteiger partial charge on any atom is 0.160 e. The fourth-order valence-electron chi connectivity index (χ4n) is 11.5. The zero-order chi connectivity index (χ0) is 48.7. The van der Waals surface area contributed by atoms with Crippen LogP contribution in [0, 0.1) is 0 Å². The molecule has 0 spiro atoms. The van der Waals surface area contributed by atoms with Crippen molar-refractivity contribution in [1.82, 2.24) is 19.9 Å². The largest absolute Gasteiger partial charge is 0.228 e. The molecule has 0 radical (unpaired) electrons. The van der Waals surface area contributed by atoms with Gasteiger partial charge in [0.1, 0.15) is 0 Å². The lowest BCUT2D eigenvalue weighted by atomic mass is 9.60. The number of hydrogen-bond acceptors (Lipinski definition) is 6. The Morgan fingerprint density at radius 1 is 0.257 bits per heavy atom. The molecule has 16 rings (SSSR count). The minimum absolute atomic E-state index is 0.0489. The zero-order valence-electron chi connectivity index (χ0n) is 39.9. The average molecular weight is 979 g/mol. The van der Waals surface area contributed by atoms with Crippen molar-refractivity contribution in [1.29, 1.82) is 0 Å². The van der Waals surface area contributed by atoms with Crippen LogP contribution in [0.1, 0.15) is 45.2 Å². The Balaban J connectivity index is 0.854. The van der Waals surface area contributed by atoms with E-state index in [9.17, 15) is 0 Å². The molecule has 2 unspecified atom stereocenters. The third-order valence-corrected chi connectivity index (χ3v) is 17.2. The van der Waals surface area contributed by atoms with Crippen molar-refractivity contribution >= 4 is 42.8 Å². The molecule has 9 aromatic carbocycles. The van der Waals surface area contributed by atoms with E-state index in [1.807, 2.05) is 34.8 Å². The molecular formula is C68H42N4S2. The summed E-state index contributed by atoms with van der Waals surface area (Å²) >= 11 is 3.64. The van der Waals surface area contributed by atoms with E-state index in [0.717, 1.165) is 56.2 Å². The molecule has 13 aromatic rings. The van der Waals surface area contributed by atoms with Gasteiger partial charge in [-0.25, -0.2) is 19.9 Å². The molecule has 0 saturated carbocycles. The highest BCUT2D eigenvalue weighted by Crippen LogP contribution is 2.57. The molecule has 0 saturated heterocycles. The minimum atomic E-state index is 0.0489. The molecule has 0 N–H and O–H groups in total. The van der Waals surface area contributed by atoms with Gasteiger partial charge in [-0.15, -0.1) is 22.7 Å². The van der Waals surface area contributed by atoms with Gasteiger partial charge in [0.15, 0.2) is 11.6 Å². The van der Waals surface area contributed by atoms with Crippen molar-refractivity contribution in [2.75, 3.05) is 0 Å². The van der Waals surface area contributed by atoms with Crippen LogP contribution in [0.15, 0.2) is 243 Å². The highest BCUT2D eigenvalue weighted by molar-refractivity contribution is 7.22. The van der Waals surface area contributed by atoms with E-state index in [2.05, 4.69) is 231 Å². The van der Waals surface area contributed by atoms with Gasteiger partial charge in [-0.1, -0.05) is 194 Å². The maximum absolute atomic E-state index is 5.35. The van der Waals surface area contributed by atoms with Crippen LogP contribution in [0.5, 0.6) is 0 Å². The topological polar surface area (TPSA) is 51.6 Å². The second kappa shape index (κ2) is 17.4. The first-order valence-corrected chi connectivity index (χ1v) is 26.7. The second-order valence-corrected chi connectivity index (χ2v) is 21.4. The number of hydrogen-bond donors (Lipinski definition) is 0. The summed E-state index contributed by atoms with van der Waals surface area (Å²) in [7, 11) is 0. The van der Waals surface area contributed by atoms with E-state index in [4.69, 9.17) is 19.9 Å². The Kier molecular flexibility index (Phi) is 10.0. The van der Waals surface area contributed by atoms with Crippen molar-refractivity contribution in [3.05, 3.63) is 276 Å². The molecule has 4 heterocycles. The summed E-state index contributed by atoms with van der Waals surface area (Å²) < 4.78 is 2.55. The van der Waals surface area contributed by atoms with Crippen LogP contribution in [0.2, 0.25) is 0 Å². The molecule has 3 aliphatic carbocycles. The standard InChI is InChI=1S/C68H42N4S2/c1-3-17-41(18-4-1)67-69-57(39-59(71-67)47-23-9-11-25-49(47)63-37-45-21-7-15-29-61(45)73-63)43-31-33-53-55(35-43)65-51-27-13-14-28-52(51)66(53)56-36-44(32-34-54(56)65)58-40-60(72-68(70-58)42-19-5-2-6-20-42)48-24-10-12-26-50(48)64-38-46-22-8-16-30-62(46)74-64/h1-40,65-66H. The van der Waals surface area contributed by atoms with Gasteiger partial charge < -0.3 is 0 Å². The van der Waals surface area contributed by atoms with E-state index in [1.54, 1.807) is 0 Å². The number of nitrogens with zero attached hydrogens (tertiary/aromatic N) is 4. The third-order valence-electron chi connectivity index (χ3n) is 14.9. The van der Waals surface area contributed by atoms with E-state index < -0.39 is 0 Å². The van der Waals surface area contributed by atoms with Crippen LogP contribution in [0.25, 0.3) is 109 Å². The van der Waals surface area contributed by atoms with Gasteiger partial charge in [0.2, 0.25) is 0 Å². The summed E-state index contributed by atoms with van der Waals surface area (Å²) in [6, 6.07) is 87.4. The quantitative estimate of drug-likeness (QED) is 0.152. The van der Waals surface area contributed by atoms with Gasteiger partial charge >= 0.3 is 0 Å². The van der Waals surface area contributed by atoms with Gasteiger partial charge in [0, 0.05) is 75.5 Å². The SMILES string of the molecule is c1ccc(-c2nc(-c3ccc4c(c3)C3c5ccccc5C4c4cc(-c5cc(-c6ccccc6-c6cc7ccccc7s6)nc(-c6ccccc6)n5)ccc43)cc(-c3ccccc3-c3cc4ccccc4s3)n2)cc1. The molecule has 4 nitrogen and oxygen atoms in total. The summed E-state index contributed by atoms with van der Waals surface area (Å²) in [4.78, 5) is 23.8. The van der Waals surface area contributed by atoms with Gasteiger partial charge in [-0.05, 0) is 92.7 Å². The smallest absolute Gasteiger partial charge is 0.160 e. The van der Waals surface area contributed by atoms with Gasteiger partial charge in [0.05, 0.1) is 22.8 Å². The lowest BCUT2D eigenvalue weighted by Crippen LogP contribution is -2.27. The highest BCUT2D eigenvalue weighted by atomic mass is 32.1. The fourth-order valence-corrected chi connectivity index (χ4v) is 13.7.